The molecule has 90 valence electrons. The molecule has 0 saturated carbocycles. The second-order valence-electron chi connectivity index (χ2n) is 3.13. The third-order valence-corrected chi connectivity index (χ3v) is 1.90. The molecule has 1 heterocycles. The van der Waals surface area contributed by atoms with Gasteiger partial charge >= 0.3 is 0 Å². The van der Waals surface area contributed by atoms with Crippen molar-refractivity contribution in [2.24, 2.45) is 0 Å². The van der Waals surface area contributed by atoms with Crippen LogP contribution in [0.15, 0.2) is 21.5 Å². The number of rotatable bonds is 7. The maximum absolute atomic E-state index is 11.4. The standard InChI is InChI=1S/C11H16O5/c1-2-14-4-3-5-15-11-8-16-9(7-12)6-10(11)13/h6,8,12H,2-5,7H2,1H3. The van der Waals surface area contributed by atoms with Gasteiger partial charge in [-0.2, -0.15) is 0 Å². The van der Waals surface area contributed by atoms with Gasteiger partial charge in [-0.1, -0.05) is 0 Å². The summed E-state index contributed by atoms with van der Waals surface area (Å²) in [7, 11) is 0. The van der Waals surface area contributed by atoms with Gasteiger partial charge in [0.05, 0.1) is 6.61 Å². The fraction of sp³-hybridized carbons (Fsp3) is 0.545. The Morgan fingerprint density at radius 2 is 2.25 bits per heavy atom. The van der Waals surface area contributed by atoms with Gasteiger partial charge in [0.1, 0.15) is 18.6 Å². The predicted molar refractivity (Wildman–Crippen MR) is 57.5 cm³/mol. The van der Waals surface area contributed by atoms with Crippen molar-refractivity contribution < 1.29 is 19.0 Å². The van der Waals surface area contributed by atoms with Crippen LogP contribution in [0.1, 0.15) is 19.1 Å². The van der Waals surface area contributed by atoms with Crippen molar-refractivity contribution >= 4 is 0 Å². The number of ether oxygens (including phenoxy) is 2. The molecule has 5 heteroatoms. The van der Waals surface area contributed by atoms with Crippen LogP contribution in [0.3, 0.4) is 0 Å². The van der Waals surface area contributed by atoms with Crippen molar-refractivity contribution in [1.29, 1.82) is 0 Å². The van der Waals surface area contributed by atoms with E-state index in [2.05, 4.69) is 0 Å². The molecule has 0 amide bonds. The van der Waals surface area contributed by atoms with E-state index in [9.17, 15) is 4.79 Å². The molecule has 0 aliphatic rings. The molecular weight excluding hydrogens is 212 g/mol. The van der Waals surface area contributed by atoms with Crippen molar-refractivity contribution in [3.05, 3.63) is 28.3 Å². The number of aliphatic hydroxyl groups is 1. The summed E-state index contributed by atoms with van der Waals surface area (Å²) in [5.41, 5.74) is -0.285. The van der Waals surface area contributed by atoms with Gasteiger partial charge in [-0.25, -0.2) is 0 Å². The molecule has 1 rings (SSSR count). The van der Waals surface area contributed by atoms with Gasteiger partial charge in [0, 0.05) is 25.7 Å². The van der Waals surface area contributed by atoms with Crippen LogP contribution in [-0.4, -0.2) is 24.9 Å². The number of aliphatic hydroxyl groups excluding tert-OH is 1. The lowest BCUT2D eigenvalue weighted by Crippen LogP contribution is -2.10. The summed E-state index contributed by atoms with van der Waals surface area (Å²) >= 11 is 0. The molecule has 1 aromatic heterocycles. The van der Waals surface area contributed by atoms with Crippen LogP contribution in [0.4, 0.5) is 0 Å². The van der Waals surface area contributed by atoms with E-state index in [-0.39, 0.29) is 23.5 Å². The summed E-state index contributed by atoms with van der Waals surface area (Å²) in [4.78, 5) is 11.4. The first-order valence-electron chi connectivity index (χ1n) is 5.21. The van der Waals surface area contributed by atoms with E-state index in [1.165, 1.54) is 12.3 Å². The van der Waals surface area contributed by atoms with Crippen LogP contribution in [-0.2, 0) is 11.3 Å². The molecule has 0 atom stereocenters. The molecule has 0 spiro atoms. The van der Waals surface area contributed by atoms with E-state index in [0.29, 0.717) is 19.8 Å². The third kappa shape index (κ3) is 4.04. The Kier molecular flexibility index (Phi) is 5.60. The zero-order valence-corrected chi connectivity index (χ0v) is 9.27. The van der Waals surface area contributed by atoms with Crippen LogP contribution >= 0.6 is 0 Å². The summed E-state index contributed by atoms with van der Waals surface area (Å²) in [6.45, 7) is 3.32. The highest BCUT2D eigenvalue weighted by Gasteiger charge is 2.03. The fourth-order valence-electron chi connectivity index (χ4n) is 1.11. The second kappa shape index (κ2) is 7.03. The van der Waals surface area contributed by atoms with Gasteiger partial charge in [-0.3, -0.25) is 4.79 Å². The molecule has 0 aliphatic carbocycles. The third-order valence-electron chi connectivity index (χ3n) is 1.90. The van der Waals surface area contributed by atoms with Crippen LogP contribution in [0, 0.1) is 0 Å². The minimum absolute atomic E-state index is 0.161. The zero-order chi connectivity index (χ0) is 11.8. The first-order chi connectivity index (χ1) is 7.77. The Morgan fingerprint density at radius 3 is 2.88 bits per heavy atom. The first-order valence-corrected chi connectivity index (χ1v) is 5.21. The van der Waals surface area contributed by atoms with Gasteiger partial charge in [0.25, 0.3) is 0 Å². The number of hydrogen-bond donors (Lipinski definition) is 1. The highest BCUT2D eigenvalue weighted by atomic mass is 16.5. The van der Waals surface area contributed by atoms with Crippen LogP contribution in [0.2, 0.25) is 0 Å². The van der Waals surface area contributed by atoms with E-state index in [1.54, 1.807) is 0 Å². The summed E-state index contributed by atoms with van der Waals surface area (Å²) in [6, 6.07) is 1.22. The molecule has 0 radical (unpaired) electrons. The Morgan fingerprint density at radius 1 is 1.44 bits per heavy atom. The molecule has 0 bridgehead atoms. The molecule has 0 unspecified atom stereocenters. The molecule has 16 heavy (non-hydrogen) atoms. The lowest BCUT2D eigenvalue weighted by Gasteiger charge is -2.05. The van der Waals surface area contributed by atoms with Crippen molar-refractivity contribution in [3.8, 4) is 5.75 Å². The molecule has 1 N–H and O–H groups in total. The van der Waals surface area contributed by atoms with E-state index >= 15 is 0 Å². The number of hydrogen-bond acceptors (Lipinski definition) is 5. The van der Waals surface area contributed by atoms with Gasteiger partial charge in [0.2, 0.25) is 11.2 Å². The van der Waals surface area contributed by atoms with Crippen molar-refractivity contribution in [2.75, 3.05) is 19.8 Å². The quantitative estimate of drug-likeness (QED) is 0.703. The van der Waals surface area contributed by atoms with Gasteiger partial charge < -0.3 is 19.0 Å². The topological polar surface area (TPSA) is 68.9 Å². The zero-order valence-electron chi connectivity index (χ0n) is 9.27. The molecule has 0 aliphatic heterocycles. The first kappa shape index (κ1) is 12.7. The highest BCUT2D eigenvalue weighted by Crippen LogP contribution is 2.05. The van der Waals surface area contributed by atoms with E-state index < -0.39 is 0 Å². The van der Waals surface area contributed by atoms with Gasteiger partial charge in [0.15, 0.2) is 0 Å². The monoisotopic (exact) mass is 228 g/mol. The lowest BCUT2D eigenvalue weighted by atomic mass is 10.4. The summed E-state index contributed by atoms with van der Waals surface area (Å²) in [5, 5.41) is 8.74. The Balaban J connectivity index is 2.39. The van der Waals surface area contributed by atoms with Crippen LogP contribution in [0.25, 0.3) is 0 Å². The molecule has 5 nitrogen and oxygen atoms in total. The average Bonchev–Trinajstić information content (AvgIpc) is 2.30. The largest absolute Gasteiger partial charge is 0.487 e. The molecular formula is C11H16O5. The highest BCUT2D eigenvalue weighted by molar-refractivity contribution is 5.17. The fourth-order valence-corrected chi connectivity index (χ4v) is 1.11. The minimum Gasteiger partial charge on any atom is -0.487 e. The average molecular weight is 228 g/mol. The Hall–Kier alpha value is -1.33. The molecule has 0 fully saturated rings. The van der Waals surface area contributed by atoms with Crippen molar-refractivity contribution in [2.45, 2.75) is 20.0 Å². The van der Waals surface area contributed by atoms with E-state index in [0.717, 1.165) is 6.42 Å². The maximum atomic E-state index is 11.4. The second-order valence-corrected chi connectivity index (χ2v) is 3.13. The van der Waals surface area contributed by atoms with Gasteiger partial charge in [-0.05, 0) is 6.92 Å². The van der Waals surface area contributed by atoms with E-state index in [4.69, 9.17) is 19.0 Å². The predicted octanol–water partition coefficient (Wildman–Crippen LogP) is 0.937. The summed E-state index contributed by atoms with van der Waals surface area (Å²) < 4.78 is 15.3. The minimum atomic E-state index is -0.292. The molecule has 0 aromatic carbocycles. The Labute approximate surface area is 93.6 Å². The summed E-state index contributed by atoms with van der Waals surface area (Å²) in [5.74, 6) is 0.389. The molecule has 1 aromatic rings. The molecule has 0 saturated heterocycles. The van der Waals surface area contributed by atoms with E-state index in [1.807, 2.05) is 6.92 Å². The smallest absolute Gasteiger partial charge is 0.227 e. The maximum Gasteiger partial charge on any atom is 0.227 e. The van der Waals surface area contributed by atoms with Crippen molar-refractivity contribution in [3.63, 3.8) is 0 Å². The normalized spacial score (nSPS) is 10.4. The SMILES string of the molecule is CCOCCCOc1coc(CO)cc1=O. The lowest BCUT2D eigenvalue weighted by molar-refractivity contribution is 0.130. The van der Waals surface area contributed by atoms with Crippen LogP contribution in [0.5, 0.6) is 5.75 Å². The van der Waals surface area contributed by atoms with Crippen LogP contribution < -0.4 is 10.2 Å². The Bertz CT molecular complexity index is 358. The van der Waals surface area contributed by atoms with Gasteiger partial charge in [-0.15, -0.1) is 0 Å². The summed E-state index contributed by atoms with van der Waals surface area (Å²) in [6.07, 6.45) is 1.93. The van der Waals surface area contributed by atoms with Crippen molar-refractivity contribution in [1.82, 2.24) is 0 Å².